The number of halogens is 1. The average Bonchev–Trinajstić information content (AvgIpc) is 3.23. The Hall–Kier alpha value is -3.31. The Morgan fingerprint density at radius 1 is 1.03 bits per heavy atom. The summed E-state index contributed by atoms with van der Waals surface area (Å²) in [5.41, 5.74) is 6.42. The van der Waals surface area contributed by atoms with Gasteiger partial charge in [-0.05, 0) is 63.1 Å². The van der Waals surface area contributed by atoms with Crippen LogP contribution < -0.4 is 4.74 Å². The Bertz CT molecular complexity index is 1330. The Morgan fingerprint density at radius 2 is 1.79 bits per heavy atom. The standard InChI is InChI=1S/C27H27N3O2.ClH/c1-5-30-26(31)21-14-13-20(16-22(21)27(30,3)4)24-18(2)28-25-23(12-9-15-29(24)25)32-17-19-10-7-6-8-11-19;/h6-16H,5,17H2,1-4H3;1H. The number of amides is 1. The number of hydrogen-bond acceptors (Lipinski definition) is 3. The molecule has 0 saturated heterocycles. The largest absolute Gasteiger partial charge is 0.485 e. The number of carbonyl (C=O) groups excluding carboxylic acids is 1. The second-order valence-corrected chi connectivity index (χ2v) is 8.75. The number of ether oxygens (including phenoxy) is 1. The highest BCUT2D eigenvalue weighted by Gasteiger charge is 2.42. The average molecular weight is 462 g/mol. The fourth-order valence-electron chi connectivity index (χ4n) is 4.82. The number of fused-ring (bicyclic) bond motifs is 2. The van der Waals surface area contributed by atoms with Gasteiger partial charge < -0.3 is 9.64 Å². The van der Waals surface area contributed by atoms with E-state index >= 15 is 0 Å². The van der Waals surface area contributed by atoms with Crippen LogP contribution in [-0.2, 0) is 12.1 Å². The molecule has 1 aliphatic rings. The molecule has 0 saturated carbocycles. The van der Waals surface area contributed by atoms with E-state index in [9.17, 15) is 4.79 Å². The molecule has 2 aromatic heterocycles. The number of aryl methyl sites for hydroxylation is 1. The molecule has 1 aliphatic heterocycles. The zero-order valence-electron chi connectivity index (χ0n) is 19.3. The van der Waals surface area contributed by atoms with Crippen molar-refractivity contribution in [2.45, 2.75) is 39.8 Å². The van der Waals surface area contributed by atoms with E-state index in [-0.39, 0.29) is 23.9 Å². The van der Waals surface area contributed by atoms with E-state index in [0.717, 1.165) is 45.0 Å². The number of hydrogen-bond donors (Lipinski definition) is 0. The predicted octanol–water partition coefficient (Wildman–Crippen LogP) is 6.02. The molecule has 0 unspecified atom stereocenters. The molecule has 170 valence electrons. The summed E-state index contributed by atoms with van der Waals surface area (Å²) in [6, 6.07) is 20.2. The van der Waals surface area contributed by atoms with Crippen LogP contribution >= 0.6 is 12.4 Å². The molecule has 0 spiro atoms. The summed E-state index contributed by atoms with van der Waals surface area (Å²) in [5.74, 6) is 0.852. The van der Waals surface area contributed by atoms with Crippen LogP contribution in [0.4, 0.5) is 0 Å². The van der Waals surface area contributed by atoms with E-state index in [0.29, 0.717) is 13.2 Å². The van der Waals surface area contributed by atoms with Gasteiger partial charge in [-0.1, -0.05) is 36.4 Å². The van der Waals surface area contributed by atoms with Crippen molar-refractivity contribution < 1.29 is 9.53 Å². The van der Waals surface area contributed by atoms with Crippen molar-refractivity contribution in [3.8, 4) is 17.0 Å². The van der Waals surface area contributed by atoms with Gasteiger partial charge in [0.05, 0.1) is 16.9 Å². The second-order valence-electron chi connectivity index (χ2n) is 8.75. The van der Waals surface area contributed by atoms with E-state index in [1.165, 1.54) is 0 Å². The van der Waals surface area contributed by atoms with Gasteiger partial charge >= 0.3 is 0 Å². The first-order valence-corrected chi connectivity index (χ1v) is 11.0. The molecule has 0 bridgehead atoms. The molecular weight excluding hydrogens is 434 g/mol. The number of rotatable bonds is 5. The summed E-state index contributed by atoms with van der Waals surface area (Å²) in [5, 5.41) is 0. The molecule has 33 heavy (non-hydrogen) atoms. The van der Waals surface area contributed by atoms with Crippen molar-refractivity contribution >= 4 is 24.0 Å². The highest BCUT2D eigenvalue weighted by Crippen LogP contribution is 2.41. The molecular formula is C27H28ClN3O2. The number of nitrogens with zero attached hydrogens (tertiary/aromatic N) is 3. The zero-order valence-corrected chi connectivity index (χ0v) is 20.1. The van der Waals surface area contributed by atoms with Crippen LogP contribution in [0.3, 0.4) is 0 Å². The van der Waals surface area contributed by atoms with E-state index in [1.807, 2.05) is 67.4 Å². The maximum atomic E-state index is 12.8. The van der Waals surface area contributed by atoms with Crippen molar-refractivity contribution in [1.82, 2.24) is 14.3 Å². The van der Waals surface area contributed by atoms with Gasteiger partial charge in [-0.25, -0.2) is 4.98 Å². The summed E-state index contributed by atoms with van der Waals surface area (Å²) in [6.07, 6.45) is 2.02. The molecule has 5 rings (SSSR count). The van der Waals surface area contributed by atoms with Crippen molar-refractivity contribution in [1.29, 1.82) is 0 Å². The van der Waals surface area contributed by atoms with Crippen LogP contribution in [-0.4, -0.2) is 26.7 Å². The third-order valence-corrected chi connectivity index (χ3v) is 6.44. The molecule has 4 aromatic rings. The fourth-order valence-corrected chi connectivity index (χ4v) is 4.82. The SMILES string of the molecule is CCN1C(=O)c2ccc(-c3c(C)nc4c(OCc5ccccc5)cccn34)cc2C1(C)C.Cl. The number of pyridine rings is 1. The molecule has 3 heterocycles. The number of carbonyl (C=O) groups is 1. The van der Waals surface area contributed by atoms with Crippen LogP contribution in [0.25, 0.3) is 16.9 Å². The lowest BCUT2D eigenvalue weighted by atomic mass is 9.91. The molecule has 0 aliphatic carbocycles. The topological polar surface area (TPSA) is 46.8 Å². The van der Waals surface area contributed by atoms with Gasteiger partial charge in [-0.15, -0.1) is 12.4 Å². The molecule has 6 heteroatoms. The Kier molecular flexibility index (Phi) is 5.93. The molecule has 0 atom stereocenters. The van der Waals surface area contributed by atoms with Crippen LogP contribution in [0, 0.1) is 6.92 Å². The quantitative estimate of drug-likeness (QED) is 0.365. The van der Waals surface area contributed by atoms with Gasteiger partial charge in [0.25, 0.3) is 5.91 Å². The normalized spacial score (nSPS) is 14.3. The first-order chi connectivity index (χ1) is 15.4. The number of aromatic nitrogens is 2. The van der Waals surface area contributed by atoms with Crippen LogP contribution in [0.15, 0.2) is 66.9 Å². The zero-order chi connectivity index (χ0) is 22.5. The Labute approximate surface area is 200 Å². The molecule has 5 nitrogen and oxygen atoms in total. The van der Waals surface area contributed by atoms with Crippen LogP contribution in [0.2, 0.25) is 0 Å². The smallest absolute Gasteiger partial charge is 0.254 e. The minimum Gasteiger partial charge on any atom is -0.485 e. The van der Waals surface area contributed by atoms with Crippen molar-refractivity contribution in [2.75, 3.05) is 6.54 Å². The van der Waals surface area contributed by atoms with Gasteiger partial charge in [0.2, 0.25) is 0 Å². The summed E-state index contributed by atoms with van der Waals surface area (Å²) in [7, 11) is 0. The first kappa shape index (κ1) is 22.9. The van der Waals surface area contributed by atoms with Crippen LogP contribution in [0.5, 0.6) is 5.75 Å². The van der Waals surface area contributed by atoms with Gasteiger partial charge in [0.15, 0.2) is 11.4 Å². The summed E-state index contributed by atoms with van der Waals surface area (Å²) < 4.78 is 8.21. The Morgan fingerprint density at radius 3 is 2.52 bits per heavy atom. The maximum absolute atomic E-state index is 12.8. The highest BCUT2D eigenvalue weighted by atomic mass is 35.5. The van der Waals surface area contributed by atoms with E-state index in [1.54, 1.807) is 0 Å². The fraction of sp³-hybridized carbons (Fsp3) is 0.259. The summed E-state index contributed by atoms with van der Waals surface area (Å²) in [6.45, 7) is 9.45. The van der Waals surface area contributed by atoms with Crippen molar-refractivity contribution in [3.05, 3.63) is 89.2 Å². The molecule has 2 aromatic carbocycles. The number of benzene rings is 2. The number of imidazole rings is 1. The third-order valence-electron chi connectivity index (χ3n) is 6.44. The minimum absolute atomic E-state index is 0. The molecule has 0 N–H and O–H groups in total. The minimum atomic E-state index is -0.338. The third kappa shape index (κ3) is 3.66. The van der Waals surface area contributed by atoms with Gasteiger partial charge in [-0.3, -0.25) is 9.20 Å². The van der Waals surface area contributed by atoms with Crippen molar-refractivity contribution in [2.24, 2.45) is 0 Å². The lowest BCUT2D eigenvalue weighted by Gasteiger charge is -2.31. The summed E-state index contributed by atoms with van der Waals surface area (Å²) in [4.78, 5) is 19.6. The van der Waals surface area contributed by atoms with Gasteiger partial charge in [-0.2, -0.15) is 0 Å². The summed E-state index contributed by atoms with van der Waals surface area (Å²) >= 11 is 0. The lowest BCUT2D eigenvalue weighted by Crippen LogP contribution is -2.38. The highest BCUT2D eigenvalue weighted by molar-refractivity contribution is 6.00. The molecule has 1 amide bonds. The van der Waals surface area contributed by atoms with E-state index < -0.39 is 0 Å². The maximum Gasteiger partial charge on any atom is 0.254 e. The Balaban J connectivity index is 0.00000259. The molecule has 0 fully saturated rings. The first-order valence-electron chi connectivity index (χ1n) is 11.0. The lowest BCUT2D eigenvalue weighted by molar-refractivity contribution is 0.0635. The monoisotopic (exact) mass is 461 g/mol. The predicted molar refractivity (Wildman–Crippen MR) is 133 cm³/mol. The van der Waals surface area contributed by atoms with Crippen LogP contribution in [0.1, 0.15) is 48.0 Å². The van der Waals surface area contributed by atoms with E-state index in [4.69, 9.17) is 9.72 Å². The van der Waals surface area contributed by atoms with Crippen molar-refractivity contribution in [3.63, 3.8) is 0 Å². The van der Waals surface area contributed by atoms with Gasteiger partial charge in [0, 0.05) is 23.9 Å². The van der Waals surface area contributed by atoms with E-state index in [2.05, 4.69) is 36.4 Å². The molecule has 0 radical (unpaired) electrons. The van der Waals surface area contributed by atoms with Gasteiger partial charge in [0.1, 0.15) is 6.61 Å². The second kappa shape index (κ2) is 8.56.